The third-order valence-electron chi connectivity index (χ3n) is 6.61. The first-order valence-corrected chi connectivity index (χ1v) is 13.0. The van der Waals surface area contributed by atoms with Crippen molar-refractivity contribution >= 4 is 28.6 Å². The van der Waals surface area contributed by atoms with E-state index in [9.17, 15) is 4.79 Å². The minimum absolute atomic E-state index is 0.0705. The van der Waals surface area contributed by atoms with Gasteiger partial charge in [-0.15, -0.1) is 11.3 Å². The Balaban J connectivity index is 1.23. The molecular formula is C27H24N8O2S. The summed E-state index contributed by atoms with van der Waals surface area (Å²) in [5, 5.41) is 17.1. The van der Waals surface area contributed by atoms with E-state index in [2.05, 4.69) is 36.4 Å². The van der Waals surface area contributed by atoms with Crippen LogP contribution in [0.5, 0.6) is 0 Å². The summed E-state index contributed by atoms with van der Waals surface area (Å²) in [6, 6.07) is 11.8. The molecule has 1 aliphatic heterocycles. The lowest BCUT2D eigenvalue weighted by Crippen LogP contribution is -2.45. The van der Waals surface area contributed by atoms with Crippen LogP contribution < -0.4 is 5.32 Å². The number of carbonyl (C=O) groups excluding carboxylic acids is 1. The smallest absolute Gasteiger partial charge is 0.274 e. The van der Waals surface area contributed by atoms with Crippen LogP contribution >= 0.6 is 11.3 Å². The molecule has 0 radical (unpaired) electrons. The van der Waals surface area contributed by atoms with E-state index in [1.54, 1.807) is 21.9 Å². The fourth-order valence-electron chi connectivity index (χ4n) is 4.57. The number of benzene rings is 1. The van der Waals surface area contributed by atoms with Gasteiger partial charge in [-0.25, -0.2) is 9.97 Å². The Morgan fingerprint density at radius 3 is 2.76 bits per heavy atom. The zero-order chi connectivity index (χ0) is 26.4. The maximum Gasteiger partial charge on any atom is 0.274 e. The number of amides is 1. The molecule has 38 heavy (non-hydrogen) atoms. The van der Waals surface area contributed by atoms with E-state index in [0.29, 0.717) is 48.4 Å². The zero-order valence-electron chi connectivity index (χ0n) is 21.1. The molecule has 1 aromatic carbocycles. The van der Waals surface area contributed by atoms with Gasteiger partial charge in [-0.3, -0.25) is 14.1 Å². The number of nitrogens with zero attached hydrogens (tertiary/aromatic N) is 7. The van der Waals surface area contributed by atoms with Crippen molar-refractivity contribution in [1.82, 2.24) is 29.4 Å². The molecule has 1 fully saturated rings. The van der Waals surface area contributed by atoms with Crippen LogP contribution in [0.25, 0.3) is 27.5 Å². The van der Waals surface area contributed by atoms with Crippen LogP contribution in [0.4, 0.5) is 5.69 Å². The molecule has 1 aliphatic rings. The molecule has 11 heteroatoms. The summed E-state index contributed by atoms with van der Waals surface area (Å²) in [6.45, 7) is 7.84. The number of hydrogen-bond acceptors (Lipinski definition) is 9. The molecule has 1 amide bonds. The third-order valence-corrected chi connectivity index (χ3v) is 7.74. The summed E-state index contributed by atoms with van der Waals surface area (Å²) in [5.41, 5.74) is 5.35. The average molecular weight is 525 g/mol. The number of pyridine rings is 1. The molecule has 190 valence electrons. The highest BCUT2D eigenvalue weighted by Gasteiger charge is 2.28. The van der Waals surface area contributed by atoms with Gasteiger partial charge in [0.25, 0.3) is 5.91 Å². The summed E-state index contributed by atoms with van der Waals surface area (Å²) in [6.07, 6.45) is 3.51. The van der Waals surface area contributed by atoms with Crippen molar-refractivity contribution in [1.29, 1.82) is 5.26 Å². The fraction of sp³-hybridized carbons (Fsp3) is 0.259. The largest absolute Gasteiger partial charge is 0.338 e. The molecule has 1 N–H and O–H groups in total. The summed E-state index contributed by atoms with van der Waals surface area (Å²) >= 11 is 1.63. The second-order valence-corrected chi connectivity index (χ2v) is 10.7. The molecule has 0 bridgehead atoms. The summed E-state index contributed by atoms with van der Waals surface area (Å²) in [7, 11) is 0. The van der Waals surface area contributed by atoms with Crippen molar-refractivity contribution in [2.24, 2.45) is 5.92 Å². The number of anilines is 1. The van der Waals surface area contributed by atoms with Crippen molar-refractivity contribution in [3.05, 3.63) is 70.6 Å². The van der Waals surface area contributed by atoms with Crippen LogP contribution in [-0.4, -0.2) is 48.4 Å². The molecule has 1 saturated heterocycles. The highest BCUT2D eigenvalue weighted by molar-refractivity contribution is 7.15. The van der Waals surface area contributed by atoms with Crippen LogP contribution in [-0.2, 0) is 6.54 Å². The first-order chi connectivity index (χ1) is 18.4. The van der Waals surface area contributed by atoms with Gasteiger partial charge in [0, 0.05) is 36.1 Å². The molecule has 0 aliphatic carbocycles. The zero-order valence-corrected chi connectivity index (χ0v) is 21.9. The quantitative estimate of drug-likeness (QED) is 0.341. The fourth-order valence-corrected chi connectivity index (χ4v) is 5.48. The molecule has 0 spiro atoms. The maximum absolute atomic E-state index is 13.4. The van der Waals surface area contributed by atoms with Gasteiger partial charge in [0.2, 0.25) is 11.7 Å². The number of hydrogen-bond donors (Lipinski definition) is 1. The van der Waals surface area contributed by atoms with Crippen LogP contribution in [0.2, 0.25) is 0 Å². The molecule has 0 unspecified atom stereocenters. The molecule has 5 aromatic rings. The summed E-state index contributed by atoms with van der Waals surface area (Å²) < 4.78 is 7.22. The molecule has 4 aromatic heterocycles. The number of thiazole rings is 1. The van der Waals surface area contributed by atoms with Gasteiger partial charge < -0.3 is 9.84 Å². The Bertz CT molecular complexity index is 1720. The van der Waals surface area contributed by atoms with E-state index in [1.807, 2.05) is 57.3 Å². The topological polar surface area (TPSA) is 125 Å². The second-order valence-electron chi connectivity index (χ2n) is 9.45. The minimum Gasteiger partial charge on any atom is -0.338 e. The number of nitriles is 1. The van der Waals surface area contributed by atoms with E-state index < -0.39 is 0 Å². The SMILES string of the molecule is Cc1nc(C)c(-c2ccc3ncc(C(=O)Nc4cc(-c5noc(CN6CC(C#N)C6)n5)ccc4C)n3c2)s1. The van der Waals surface area contributed by atoms with Gasteiger partial charge in [-0.2, -0.15) is 10.2 Å². The first kappa shape index (κ1) is 24.0. The Morgan fingerprint density at radius 2 is 2.00 bits per heavy atom. The van der Waals surface area contributed by atoms with E-state index in [4.69, 9.17) is 9.78 Å². The monoisotopic (exact) mass is 524 g/mol. The van der Waals surface area contributed by atoms with E-state index in [-0.39, 0.29) is 11.8 Å². The van der Waals surface area contributed by atoms with Crippen molar-refractivity contribution in [3.63, 3.8) is 0 Å². The first-order valence-electron chi connectivity index (χ1n) is 12.2. The van der Waals surface area contributed by atoms with E-state index in [1.165, 1.54) is 0 Å². The number of imidazole rings is 1. The van der Waals surface area contributed by atoms with Gasteiger partial charge in [0.15, 0.2) is 0 Å². The number of aryl methyl sites for hydroxylation is 3. The van der Waals surface area contributed by atoms with Crippen LogP contribution in [0.15, 0.2) is 47.2 Å². The predicted molar refractivity (Wildman–Crippen MR) is 143 cm³/mol. The Hall–Kier alpha value is -4.40. The minimum atomic E-state index is -0.272. The van der Waals surface area contributed by atoms with Crippen LogP contribution in [0.3, 0.4) is 0 Å². The number of fused-ring (bicyclic) bond motifs is 1. The summed E-state index contributed by atoms with van der Waals surface area (Å²) in [4.78, 5) is 30.0. The number of rotatable bonds is 6. The lowest BCUT2D eigenvalue weighted by atomic mass is 10.0. The molecule has 0 atom stereocenters. The van der Waals surface area contributed by atoms with Crippen LogP contribution in [0.1, 0.15) is 32.6 Å². The summed E-state index contributed by atoms with van der Waals surface area (Å²) in [5.74, 6) is 0.741. The van der Waals surface area contributed by atoms with Gasteiger partial charge >= 0.3 is 0 Å². The van der Waals surface area contributed by atoms with Crippen molar-refractivity contribution in [2.75, 3.05) is 18.4 Å². The Morgan fingerprint density at radius 1 is 1.18 bits per heavy atom. The van der Waals surface area contributed by atoms with Gasteiger partial charge in [0.05, 0.1) is 40.3 Å². The van der Waals surface area contributed by atoms with Gasteiger partial charge in [-0.05, 0) is 44.5 Å². The maximum atomic E-state index is 13.4. The highest BCUT2D eigenvalue weighted by Crippen LogP contribution is 2.30. The lowest BCUT2D eigenvalue weighted by Gasteiger charge is -2.33. The van der Waals surface area contributed by atoms with Crippen molar-refractivity contribution in [3.8, 4) is 27.9 Å². The lowest BCUT2D eigenvalue weighted by molar-refractivity contribution is 0.102. The molecule has 5 heterocycles. The number of aromatic nitrogens is 5. The third kappa shape index (κ3) is 4.44. The predicted octanol–water partition coefficient (Wildman–Crippen LogP) is 4.64. The van der Waals surface area contributed by atoms with E-state index in [0.717, 1.165) is 32.3 Å². The molecule has 0 saturated carbocycles. The number of nitrogens with one attached hydrogen (secondary N) is 1. The number of likely N-dealkylation sites (tertiary alicyclic amines) is 1. The Kier molecular flexibility index (Phi) is 5.98. The number of carbonyl (C=O) groups is 1. The van der Waals surface area contributed by atoms with Crippen molar-refractivity contribution < 1.29 is 9.32 Å². The van der Waals surface area contributed by atoms with E-state index >= 15 is 0 Å². The average Bonchev–Trinajstić information content (AvgIpc) is 3.60. The second kappa shape index (κ2) is 9.48. The highest BCUT2D eigenvalue weighted by atomic mass is 32.1. The normalized spacial score (nSPS) is 13.9. The van der Waals surface area contributed by atoms with Gasteiger partial charge in [0.1, 0.15) is 11.3 Å². The van der Waals surface area contributed by atoms with Gasteiger partial charge in [-0.1, -0.05) is 17.3 Å². The standard InChI is InChI=1S/C27H24N8O2S/c1-15-4-5-19(26-32-24(37-33-26)14-34-11-18(9-28)12-34)8-21(15)31-27(36)22-10-29-23-7-6-20(13-35(22)23)25-16(2)30-17(3)38-25/h4-8,10,13,18H,11-12,14H2,1-3H3,(H,31,36). The van der Waals surface area contributed by atoms with Crippen molar-refractivity contribution in [2.45, 2.75) is 27.3 Å². The molecule has 10 nitrogen and oxygen atoms in total. The Labute approximate surface area is 222 Å². The van der Waals surface area contributed by atoms with Crippen LogP contribution in [0, 0.1) is 38.0 Å². The molecular weight excluding hydrogens is 500 g/mol. The molecule has 6 rings (SSSR count).